The van der Waals surface area contributed by atoms with Crippen LogP contribution < -0.4 is 10.5 Å². The van der Waals surface area contributed by atoms with Crippen LogP contribution in [0.15, 0.2) is 28.8 Å². The first-order valence-corrected chi connectivity index (χ1v) is 5.06. The minimum Gasteiger partial charge on any atom is -0.497 e. The fourth-order valence-corrected chi connectivity index (χ4v) is 1.58. The predicted molar refractivity (Wildman–Crippen MR) is 61.1 cm³/mol. The maximum atomic E-state index is 5.53. The van der Waals surface area contributed by atoms with E-state index < -0.39 is 0 Å². The number of hydrogen-bond acceptors (Lipinski definition) is 4. The van der Waals surface area contributed by atoms with Crippen molar-refractivity contribution in [1.82, 2.24) is 5.16 Å². The SMILES string of the molecule is COc1ccc(-c2noc(CN)c2C)cc1. The minimum atomic E-state index is 0.370. The molecule has 0 spiro atoms. The van der Waals surface area contributed by atoms with Crippen LogP contribution in [0.1, 0.15) is 11.3 Å². The van der Waals surface area contributed by atoms with Crippen molar-refractivity contribution in [2.24, 2.45) is 5.73 Å². The summed E-state index contributed by atoms with van der Waals surface area (Å²) in [4.78, 5) is 0. The molecular weight excluding hydrogens is 204 g/mol. The summed E-state index contributed by atoms with van der Waals surface area (Å²) < 4.78 is 10.2. The van der Waals surface area contributed by atoms with E-state index in [-0.39, 0.29) is 0 Å². The highest BCUT2D eigenvalue weighted by Crippen LogP contribution is 2.26. The second-order valence-electron chi connectivity index (χ2n) is 3.51. The van der Waals surface area contributed by atoms with Crippen LogP contribution in [0.4, 0.5) is 0 Å². The molecule has 0 amide bonds. The van der Waals surface area contributed by atoms with Crippen LogP contribution in [0.25, 0.3) is 11.3 Å². The van der Waals surface area contributed by atoms with Gasteiger partial charge in [0, 0.05) is 11.1 Å². The summed E-state index contributed by atoms with van der Waals surface area (Å²) in [6.45, 7) is 2.33. The smallest absolute Gasteiger partial charge is 0.153 e. The van der Waals surface area contributed by atoms with Crippen LogP contribution in [0.3, 0.4) is 0 Å². The first-order valence-electron chi connectivity index (χ1n) is 5.06. The Hall–Kier alpha value is -1.81. The van der Waals surface area contributed by atoms with Gasteiger partial charge in [0.1, 0.15) is 11.4 Å². The molecule has 0 saturated heterocycles. The molecule has 0 fully saturated rings. The molecule has 2 aromatic rings. The monoisotopic (exact) mass is 218 g/mol. The Labute approximate surface area is 94.0 Å². The molecule has 4 heteroatoms. The Morgan fingerprint density at radius 1 is 1.31 bits per heavy atom. The summed E-state index contributed by atoms with van der Waals surface area (Å²) in [6, 6.07) is 7.69. The molecule has 0 aliphatic heterocycles. The van der Waals surface area contributed by atoms with E-state index in [4.69, 9.17) is 15.0 Å². The summed E-state index contributed by atoms with van der Waals surface area (Å²) in [5, 5.41) is 4.02. The maximum absolute atomic E-state index is 5.53. The van der Waals surface area contributed by atoms with Gasteiger partial charge in [-0.1, -0.05) is 5.16 Å². The van der Waals surface area contributed by atoms with Gasteiger partial charge in [0.05, 0.1) is 13.7 Å². The first kappa shape index (κ1) is 10.7. The molecule has 1 heterocycles. The number of nitrogens with two attached hydrogens (primary N) is 1. The van der Waals surface area contributed by atoms with Crippen LogP contribution in [-0.2, 0) is 6.54 Å². The van der Waals surface area contributed by atoms with Gasteiger partial charge in [-0.25, -0.2) is 0 Å². The maximum Gasteiger partial charge on any atom is 0.153 e. The molecule has 4 nitrogen and oxygen atoms in total. The Kier molecular flexibility index (Phi) is 2.92. The quantitative estimate of drug-likeness (QED) is 0.857. The average Bonchev–Trinajstić information content (AvgIpc) is 2.70. The highest BCUT2D eigenvalue weighted by Gasteiger charge is 2.11. The average molecular weight is 218 g/mol. The van der Waals surface area contributed by atoms with Gasteiger partial charge in [0.2, 0.25) is 0 Å². The Bertz CT molecular complexity index is 474. The molecule has 0 unspecified atom stereocenters. The van der Waals surface area contributed by atoms with E-state index in [1.807, 2.05) is 31.2 Å². The van der Waals surface area contributed by atoms with E-state index in [2.05, 4.69) is 5.16 Å². The Morgan fingerprint density at radius 3 is 2.50 bits per heavy atom. The van der Waals surface area contributed by atoms with Gasteiger partial charge in [0.25, 0.3) is 0 Å². The number of methoxy groups -OCH3 is 1. The van der Waals surface area contributed by atoms with Crippen molar-refractivity contribution in [3.05, 3.63) is 35.6 Å². The standard InChI is InChI=1S/C12H14N2O2/c1-8-11(7-13)16-14-12(8)9-3-5-10(15-2)6-4-9/h3-6H,7,13H2,1-2H3. The highest BCUT2D eigenvalue weighted by molar-refractivity contribution is 5.63. The van der Waals surface area contributed by atoms with E-state index in [1.54, 1.807) is 7.11 Å². The third kappa shape index (κ3) is 1.79. The van der Waals surface area contributed by atoms with Crippen LogP contribution >= 0.6 is 0 Å². The number of benzene rings is 1. The van der Waals surface area contributed by atoms with Crippen LogP contribution in [0, 0.1) is 6.92 Å². The van der Waals surface area contributed by atoms with Crippen molar-refractivity contribution >= 4 is 0 Å². The molecule has 0 saturated carbocycles. The topological polar surface area (TPSA) is 61.3 Å². The third-order valence-electron chi connectivity index (χ3n) is 2.57. The van der Waals surface area contributed by atoms with Crippen LogP contribution in [-0.4, -0.2) is 12.3 Å². The molecule has 84 valence electrons. The van der Waals surface area contributed by atoms with Gasteiger partial charge in [-0.15, -0.1) is 0 Å². The molecule has 2 rings (SSSR count). The normalized spacial score (nSPS) is 10.4. The largest absolute Gasteiger partial charge is 0.497 e. The fraction of sp³-hybridized carbons (Fsp3) is 0.250. The van der Waals surface area contributed by atoms with Crippen LogP contribution in [0.5, 0.6) is 5.75 Å². The summed E-state index contributed by atoms with van der Waals surface area (Å²) in [7, 11) is 1.64. The highest BCUT2D eigenvalue weighted by atomic mass is 16.5. The second kappa shape index (κ2) is 4.37. The molecule has 1 aromatic heterocycles. The third-order valence-corrected chi connectivity index (χ3v) is 2.57. The van der Waals surface area contributed by atoms with E-state index >= 15 is 0 Å². The lowest BCUT2D eigenvalue weighted by molar-refractivity contribution is 0.386. The van der Waals surface area contributed by atoms with Crippen molar-refractivity contribution in [1.29, 1.82) is 0 Å². The van der Waals surface area contributed by atoms with Gasteiger partial charge >= 0.3 is 0 Å². The Morgan fingerprint density at radius 2 is 2.00 bits per heavy atom. The zero-order valence-electron chi connectivity index (χ0n) is 9.36. The van der Waals surface area contributed by atoms with Crippen molar-refractivity contribution in [3.8, 4) is 17.0 Å². The van der Waals surface area contributed by atoms with Gasteiger partial charge in [-0.2, -0.15) is 0 Å². The van der Waals surface area contributed by atoms with E-state index in [0.717, 1.165) is 28.3 Å². The zero-order chi connectivity index (χ0) is 11.5. The number of nitrogens with zero attached hydrogens (tertiary/aromatic N) is 1. The second-order valence-corrected chi connectivity index (χ2v) is 3.51. The zero-order valence-corrected chi connectivity index (χ0v) is 9.36. The molecule has 0 aliphatic carbocycles. The molecule has 16 heavy (non-hydrogen) atoms. The van der Waals surface area contributed by atoms with Gasteiger partial charge in [-0.3, -0.25) is 0 Å². The molecule has 1 aromatic carbocycles. The number of aromatic nitrogens is 1. The number of ether oxygens (including phenoxy) is 1. The number of rotatable bonds is 3. The Balaban J connectivity index is 2.38. The lowest BCUT2D eigenvalue weighted by Gasteiger charge is -2.01. The summed E-state index contributed by atoms with van der Waals surface area (Å²) in [5.41, 5.74) is 8.36. The molecule has 2 N–H and O–H groups in total. The van der Waals surface area contributed by atoms with E-state index in [9.17, 15) is 0 Å². The molecule has 0 bridgehead atoms. The number of hydrogen-bond donors (Lipinski definition) is 1. The molecule has 0 aliphatic rings. The van der Waals surface area contributed by atoms with Crippen LogP contribution in [0.2, 0.25) is 0 Å². The van der Waals surface area contributed by atoms with Crippen molar-refractivity contribution in [2.75, 3.05) is 7.11 Å². The van der Waals surface area contributed by atoms with Gasteiger partial charge in [0.15, 0.2) is 5.76 Å². The first-order chi connectivity index (χ1) is 7.76. The van der Waals surface area contributed by atoms with E-state index in [0.29, 0.717) is 6.54 Å². The fourth-order valence-electron chi connectivity index (χ4n) is 1.58. The van der Waals surface area contributed by atoms with Gasteiger partial charge < -0.3 is 15.0 Å². The molecular formula is C12H14N2O2. The van der Waals surface area contributed by atoms with Gasteiger partial charge in [-0.05, 0) is 31.2 Å². The predicted octanol–water partition coefficient (Wildman–Crippen LogP) is 2.12. The minimum absolute atomic E-state index is 0.370. The van der Waals surface area contributed by atoms with Crippen molar-refractivity contribution < 1.29 is 9.26 Å². The van der Waals surface area contributed by atoms with E-state index in [1.165, 1.54) is 0 Å². The summed E-state index contributed by atoms with van der Waals surface area (Å²) >= 11 is 0. The van der Waals surface area contributed by atoms with Crippen molar-refractivity contribution in [3.63, 3.8) is 0 Å². The van der Waals surface area contributed by atoms with Crippen molar-refractivity contribution in [2.45, 2.75) is 13.5 Å². The molecule has 0 atom stereocenters. The lowest BCUT2D eigenvalue weighted by Crippen LogP contribution is -1.95. The summed E-state index contributed by atoms with van der Waals surface area (Å²) in [6.07, 6.45) is 0. The lowest BCUT2D eigenvalue weighted by atomic mass is 10.1. The molecule has 0 radical (unpaired) electrons. The summed E-state index contributed by atoms with van der Waals surface area (Å²) in [5.74, 6) is 1.55.